The molecule has 282 valence electrons. The monoisotopic (exact) mass is 750 g/mol. The van der Waals surface area contributed by atoms with Crippen LogP contribution in [0.2, 0.25) is 0 Å². The Hall–Kier alpha value is -6.33. The molecule has 4 heterocycles. The number of rotatable bonds is 4. The largest absolute Gasteiger partial charge is 0.310 e. The van der Waals surface area contributed by atoms with Crippen LogP contribution in [0.25, 0.3) is 55.6 Å². The van der Waals surface area contributed by atoms with Crippen LogP contribution in [0.3, 0.4) is 0 Å². The van der Waals surface area contributed by atoms with Crippen LogP contribution in [0.5, 0.6) is 0 Å². The highest BCUT2D eigenvalue weighted by atomic mass is 15.2. The molecule has 0 saturated carbocycles. The maximum atomic E-state index is 5.81. The molecule has 0 radical (unpaired) electrons. The van der Waals surface area contributed by atoms with Crippen molar-refractivity contribution in [1.29, 1.82) is 0 Å². The number of hydrogen-bond acceptors (Lipinski definition) is 2. The summed E-state index contributed by atoms with van der Waals surface area (Å²) in [6.07, 6.45) is 0. The van der Waals surface area contributed by atoms with E-state index < -0.39 is 0 Å². The van der Waals surface area contributed by atoms with Crippen LogP contribution >= 0.6 is 0 Å². The fourth-order valence-electron chi connectivity index (χ4n) is 10.0. The normalized spacial score (nSPS) is 13.1. The van der Waals surface area contributed by atoms with E-state index >= 15 is 0 Å². The second-order valence-electron chi connectivity index (χ2n) is 18.6. The van der Waals surface area contributed by atoms with Gasteiger partial charge >= 0.3 is 0 Å². The predicted octanol–water partition coefficient (Wildman–Crippen LogP) is 11.6. The Kier molecular flexibility index (Phi) is 7.28. The Labute approximate surface area is 341 Å². The van der Waals surface area contributed by atoms with Crippen LogP contribution < -0.4 is 21.3 Å². The topological polar surface area (TPSA) is 26.0 Å². The van der Waals surface area contributed by atoms with Crippen LogP contribution in [-0.2, 0) is 10.8 Å². The van der Waals surface area contributed by atoms with Gasteiger partial charge in [0.25, 0.3) is 6.71 Å². The lowest BCUT2D eigenvalue weighted by molar-refractivity contribution is 0.590. The third kappa shape index (κ3) is 4.86. The molecule has 0 atom stereocenters. The van der Waals surface area contributed by atoms with Crippen molar-refractivity contribution in [3.8, 4) is 22.8 Å². The molecular formula is C53H47BN4. The van der Waals surface area contributed by atoms with Crippen LogP contribution in [0, 0.1) is 13.8 Å². The van der Waals surface area contributed by atoms with E-state index in [1.54, 1.807) is 0 Å². The Balaban J connectivity index is 1.31. The highest BCUT2D eigenvalue weighted by molar-refractivity contribution is 7.00. The first kappa shape index (κ1) is 34.9. The summed E-state index contributed by atoms with van der Waals surface area (Å²) in [7, 11) is 0. The molecule has 0 amide bonds. The van der Waals surface area contributed by atoms with E-state index in [9.17, 15) is 0 Å². The zero-order valence-corrected chi connectivity index (χ0v) is 34.6. The van der Waals surface area contributed by atoms with Gasteiger partial charge in [0.05, 0.1) is 16.7 Å². The summed E-state index contributed by atoms with van der Waals surface area (Å²) in [5, 5.41) is 2.66. The Morgan fingerprint density at radius 2 is 1.14 bits per heavy atom. The average molecular weight is 751 g/mol. The summed E-state index contributed by atoms with van der Waals surface area (Å²) >= 11 is 0. The van der Waals surface area contributed by atoms with Crippen LogP contribution in [0.15, 0.2) is 140 Å². The summed E-state index contributed by atoms with van der Waals surface area (Å²) in [6, 6.07) is 52.0. The molecule has 4 nitrogen and oxygen atoms in total. The van der Waals surface area contributed by atoms with Gasteiger partial charge in [0.2, 0.25) is 0 Å². The summed E-state index contributed by atoms with van der Waals surface area (Å²) in [5.41, 5.74) is 20.8. The number of hydrogen-bond donors (Lipinski definition) is 0. The van der Waals surface area contributed by atoms with Crippen molar-refractivity contribution in [2.75, 3.05) is 4.90 Å². The van der Waals surface area contributed by atoms with Gasteiger partial charge in [0, 0.05) is 44.6 Å². The second kappa shape index (κ2) is 12.1. The van der Waals surface area contributed by atoms with E-state index in [0.29, 0.717) is 0 Å². The van der Waals surface area contributed by atoms with Crippen molar-refractivity contribution in [3.63, 3.8) is 0 Å². The number of anilines is 3. The van der Waals surface area contributed by atoms with Crippen molar-refractivity contribution in [2.45, 2.75) is 66.2 Å². The third-order valence-electron chi connectivity index (χ3n) is 12.9. The zero-order chi connectivity index (χ0) is 39.8. The molecule has 2 aromatic heterocycles. The van der Waals surface area contributed by atoms with Crippen LogP contribution in [-0.4, -0.2) is 20.8 Å². The third-order valence-corrected chi connectivity index (χ3v) is 12.9. The predicted molar refractivity (Wildman–Crippen MR) is 247 cm³/mol. The number of fused-ring (bicyclic) bond motifs is 7. The fraction of sp³-hybridized carbons (Fsp3) is 0.189. The number of imidazole rings is 1. The Morgan fingerprint density at radius 1 is 0.534 bits per heavy atom. The molecule has 0 aliphatic carbocycles. The van der Waals surface area contributed by atoms with E-state index in [4.69, 9.17) is 4.98 Å². The number of para-hydroxylation sites is 2. The molecule has 0 bridgehead atoms. The van der Waals surface area contributed by atoms with E-state index in [-0.39, 0.29) is 17.5 Å². The van der Waals surface area contributed by atoms with Crippen molar-refractivity contribution in [2.24, 2.45) is 0 Å². The van der Waals surface area contributed by atoms with Crippen molar-refractivity contribution >= 4 is 73.0 Å². The van der Waals surface area contributed by atoms with E-state index in [0.717, 1.165) is 28.4 Å². The minimum Gasteiger partial charge on any atom is -0.310 e. The lowest BCUT2D eigenvalue weighted by atomic mass is 9.34. The molecule has 2 aliphatic rings. The first-order valence-electron chi connectivity index (χ1n) is 20.7. The van der Waals surface area contributed by atoms with E-state index in [1.807, 2.05) is 0 Å². The molecule has 7 aromatic carbocycles. The number of nitrogens with zero attached hydrogens (tertiary/aromatic N) is 4. The molecule has 0 unspecified atom stereocenters. The molecule has 0 saturated heterocycles. The number of benzene rings is 7. The van der Waals surface area contributed by atoms with Gasteiger partial charge in [-0.3, -0.25) is 4.57 Å². The highest BCUT2D eigenvalue weighted by Crippen LogP contribution is 2.44. The van der Waals surface area contributed by atoms with Gasteiger partial charge in [0.1, 0.15) is 11.3 Å². The summed E-state index contributed by atoms with van der Waals surface area (Å²) in [6.45, 7) is 18.5. The lowest BCUT2D eigenvalue weighted by Gasteiger charge is -2.35. The van der Waals surface area contributed by atoms with Crippen molar-refractivity contribution in [1.82, 2.24) is 14.1 Å². The van der Waals surface area contributed by atoms with Gasteiger partial charge in [-0.1, -0.05) is 120 Å². The van der Waals surface area contributed by atoms with Gasteiger partial charge in [-0.25, -0.2) is 4.98 Å². The van der Waals surface area contributed by atoms with Gasteiger partial charge in [-0.15, -0.1) is 0 Å². The highest BCUT2D eigenvalue weighted by Gasteiger charge is 2.42. The van der Waals surface area contributed by atoms with Crippen LogP contribution in [0.4, 0.5) is 17.1 Å². The zero-order valence-electron chi connectivity index (χ0n) is 34.6. The number of aromatic nitrogens is 3. The Bertz CT molecular complexity index is 3100. The molecule has 11 rings (SSSR count). The van der Waals surface area contributed by atoms with Gasteiger partial charge in [0.15, 0.2) is 0 Å². The SMILES string of the molecule is Cc1cccc(C)c1-c1nc2c(N(c3ccccc3)c3ccccc3)ccc3c2n1-c1cccc2c1B3c1cc(C(C)(C)C)cc3c4cc(C(C)(C)C)ccc4n-2c13. The lowest BCUT2D eigenvalue weighted by Crippen LogP contribution is -2.59. The molecular weight excluding hydrogens is 703 g/mol. The van der Waals surface area contributed by atoms with Gasteiger partial charge < -0.3 is 9.47 Å². The smallest absolute Gasteiger partial charge is 0.252 e. The molecule has 5 heteroatoms. The number of aryl methyl sites for hydroxylation is 2. The minimum atomic E-state index is -0.0441. The van der Waals surface area contributed by atoms with Crippen molar-refractivity contribution in [3.05, 3.63) is 162 Å². The minimum absolute atomic E-state index is 0.0170. The second-order valence-corrected chi connectivity index (χ2v) is 18.6. The van der Waals surface area contributed by atoms with Gasteiger partial charge in [-0.2, -0.15) is 0 Å². The average Bonchev–Trinajstić information content (AvgIpc) is 3.76. The maximum absolute atomic E-state index is 5.81. The van der Waals surface area contributed by atoms with Crippen LogP contribution in [0.1, 0.15) is 63.8 Å². The molecule has 0 spiro atoms. The Morgan fingerprint density at radius 3 is 1.78 bits per heavy atom. The maximum Gasteiger partial charge on any atom is 0.252 e. The summed E-state index contributed by atoms with van der Waals surface area (Å²) in [5.74, 6) is 0.985. The molecule has 9 aromatic rings. The molecule has 2 aliphatic heterocycles. The first-order valence-corrected chi connectivity index (χ1v) is 20.7. The molecule has 58 heavy (non-hydrogen) atoms. The first-order chi connectivity index (χ1) is 27.9. The standard InChI is InChI=1S/C53H47BN4/c1-32-17-15-18-33(2)46(32)51-55-48-45(56(36-19-11-9-12-20-36)37-21-13-10-14-22-37)28-26-40-50(48)58(51)44-24-16-23-43-47(44)54(40)41-31-35(53(6,7)8)30-39-38-29-34(52(3,4)5)25-27-42(38)57(43)49(39)41/h9-31H,1-8H3. The van der Waals surface area contributed by atoms with Gasteiger partial charge in [-0.05, 0) is 124 Å². The quantitative estimate of drug-likeness (QED) is 0.167. The fourth-order valence-corrected chi connectivity index (χ4v) is 10.0. The summed E-state index contributed by atoms with van der Waals surface area (Å²) < 4.78 is 5.08. The summed E-state index contributed by atoms with van der Waals surface area (Å²) in [4.78, 5) is 8.18. The molecule has 0 fully saturated rings. The van der Waals surface area contributed by atoms with E-state index in [2.05, 4.69) is 209 Å². The van der Waals surface area contributed by atoms with Crippen molar-refractivity contribution < 1.29 is 0 Å². The molecule has 0 N–H and O–H groups in total. The van der Waals surface area contributed by atoms with E-state index in [1.165, 1.54) is 82.9 Å².